The lowest BCUT2D eigenvalue weighted by atomic mass is 10.0. The summed E-state index contributed by atoms with van der Waals surface area (Å²) in [6.07, 6.45) is 6.30. The van der Waals surface area contributed by atoms with E-state index >= 15 is 0 Å². The molecule has 3 heterocycles. The molecule has 0 bridgehead atoms. The van der Waals surface area contributed by atoms with Crippen molar-refractivity contribution in [2.75, 3.05) is 5.75 Å². The minimum absolute atomic E-state index is 0.0680. The van der Waals surface area contributed by atoms with E-state index in [4.69, 9.17) is 5.73 Å². The van der Waals surface area contributed by atoms with E-state index in [1.807, 2.05) is 18.2 Å². The Morgan fingerprint density at radius 3 is 1.93 bits per heavy atom. The lowest BCUT2D eigenvalue weighted by Gasteiger charge is -2.25. The fourth-order valence-electron chi connectivity index (χ4n) is 5.50. The predicted molar refractivity (Wildman–Crippen MR) is 198 cm³/mol. The third-order valence-corrected chi connectivity index (χ3v) is 8.87. The monoisotopic (exact) mass is 781 g/mol. The van der Waals surface area contributed by atoms with E-state index in [9.17, 15) is 43.8 Å². The first-order valence-electron chi connectivity index (χ1n) is 17.1. The molecule has 55 heavy (non-hydrogen) atoms. The standard InChI is InChI=1S/C34H43N11O9S/c1-17(41-31(50)24(6-7-28(46)47)42-33(52)27(14-55)45-30(49)22(35)9-19-12-36-15-39-19)29(48)43-25(10-20-13-37-16-40-20)32(51)44-26(34(53)54)8-18-11-38-23-5-3-2-4-21(18)23/h2-5,11-13,15-17,22,24-27,38,55H,6-10,14,35H2,1H3,(H,36,39)(H,37,40)(H,41,50)(H,42,52)(H,43,48)(H,44,51)(H,45,49)(H,46,47)(H,53,54)/t17-,22-,24-,25-,26-,27-/m0/s1. The van der Waals surface area contributed by atoms with Gasteiger partial charge in [-0.15, -0.1) is 0 Å². The van der Waals surface area contributed by atoms with Crippen LogP contribution in [0.4, 0.5) is 0 Å². The number of carboxylic acids is 2. The number of carbonyl (C=O) groups excluding carboxylic acids is 5. The zero-order valence-electron chi connectivity index (χ0n) is 29.6. The Labute approximate surface area is 319 Å². The summed E-state index contributed by atoms with van der Waals surface area (Å²) >= 11 is 4.12. The molecular formula is C34H43N11O9S. The molecule has 294 valence electrons. The lowest BCUT2D eigenvalue weighted by molar-refractivity contribution is -0.142. The van der Waals surface area contributed by atoms with Crippen LogP contribution in [0.2, 0.25) is 0 Å². The highest BCUT2D eigenvalue weighted by molar-refractivity contribution is 7.80. The number of thiol groups is 1. The summed E-state index contributed by atoms with van der Waals surface area (Å²) in [7, 11) is 0. The number of nitrogens with zero attached hydrogens (tertiary/aromatic N) is 2. The highest BCUT2D eigenvalue weighted by Gasteiger charge is 2.32. The number of hydrogen-bond donors (Lipinski definition) is 12. The van der Waals surface area contributed by atoms with Crippen LogP contribution in [0.3, 0.4) is 0 Å². The second kappa shape index (κ2) is 19.7. The molecule has 0 fully saturated rings. The van der Waals surface area contributed by atoms with Gasteiger partial charge < -0.3 is 57.5 Å². The van der Waals surface area contributed by atoms with Crippen molar-refractivity contribution < 1.29 is 43.8 Å². The van der Waals surface area contributed by atoms with E-state index in [2.05, 4.69) is 64.1 Å². The SMILES string of the molecule is C[C@H](NC(=O)[C@H](CCC(=O)O)NC(=O)[C@H](CS)NC(=O)[C@@H](N)Cc1cnc[nH]1)C(=O)N[C@@H](Cc1cnc[nH]1)C(=O)N[C@@H](Cc1c[nH]c2ccccc12)C(=O)O. The Balaban J connectivity index is 1.41. The number of para-hydroxylation sites is 1. The second-order valence-corrected chi connectivity index (χ2v) is 13.0. The van der Waals surface area contributed by atoms with Crippen molar-refractivity contribution in [2.45, 2.75) is 75.3 Å². The van der Waals surface area contributed by atoms with Gasteiger partial charge in [-0.25, -0.2) is 14.8 Å². The van der Waals surface area contributed by atoms with Crippen molar-refractivity contribution in [2.24, 2.45) is 5.73 Å². The predicted octanol–water partition coefficient (Wildman–Crippen LogP) is -1.71. The van der Waals surface area contributed by atoms with E-state index < -0.39 is 84.1 Å². The number of aromatic nitrogens is 5. The Kier molecular flexibility index (Phi) is 14.9. The molecule has 5 amide bonds. The number of H-pyrrole nitrogens is 3. The van der Waals surface area contributed by atoms with Crippen molar-refractivity contribution in [1.82, 2.24) is 51.5 Å². The van der Waals surface area contributed by atoms with Gasteiger partial charge in [0.2, 0.25) is 29.5 Å². The Morgan fingerprint density at radius 1 is 0.727 bits per heavy atom. The normalized spacial score (nSPS) is 14.4. The van der Waals surface area contributed by atoms with E-state index in [-0.39, 0.29) is 31.4 Å². The number of carboxylic acid groups (broad SMARTS) is 2. The van der Waals surface area contributed by atoms with Gasteiger partial charge in [0.25, 0.3) is 0 Å². The zero-order chi connectivity index (χ0) is 40.1. The van der Waals surface area contributed by atoms with Crippen molar-refractivity contribution >= 4 is 65.0 Å². The number of aromatic amines is 3. The Morgan fingerprint density at radius 2 is 1.31 bits per heavy atom. The molecule has 20 nitrogen and oxygen atoms in total. The quantitative estimate of drug-likeness (QED) is 0.0421. The van der Waals surface area contributed by atoms with E-state index in [0.29, 0.717) is 17.0 Å². The van der Waals surface area contributed by atoms with Crippen LogP contribution >= 0.6 is 12.6 Å². The molecule has 1 aromatic carbocycles. The van der Waals surface area contributed by atoms with Crippen LogP contribution in [0.15, 0.2) is 55.5 Å². The minimum Gasteiger partial charge on any atom is -0.481 e. The summed E-state index contributed by atoms with van der Waals surface area (Å²) in [6.45, 7) is 1.30. The maximum Gasteiger partial charge on any atom is 0.326 e. The van der Waals surface area contributed by atoms with Gasteiger partial charge in [0, 0.05) is 72.3 Å². The number of carbonyl (C=O) groups is 7. The van der Waals surface area contributed by atoms with Crippen LogP contribution in [0, 0.1) is 0 Å². The molecule has 0 aliphatic rings. The Hall–Kier alpha value is -6.22. The van der Waals surface area contributed by atoms with Crippen LogP contribution in [-0.4, -0.2) is 119 Å². The first kappa shape index (κ1) is 41.5. The van der Waals surface area contributed by atoms with Crippen LogP contribution in [-0.2, 0) is 52.8 Å². The van der Waals surface area contributed by atoms with E-state index in [0.717, 1.165) is 10.9 Å². The summed E-state index contributed by atoms with van der Waals surface area (Å²) in [5, 5.41) is 32.3. The minimum atomic E-state index is -1.47. The van der Waals surface area contributed by atoms with E-state index in [1.54, 1.807) is 12.3 Å². The summed E-state index contributed by atoms with van der Waals surface area (Å²) in [5.74, 6) is -6.95. The zero-order valence-corrected chi connectivity index (χ0v) is 30.5. The second-order valence-electron chi connectivity index (χ2n) is 12.7. The topological polar surface area (TPSA) is 319 Å². The third kappa shape index (κ3) is 12.2. The van der Waals surface area contributed by atoms with Crippen molar-refractivity contribution in [3.8, 4) is 0 Å². The number of nitrogens with one attached hydrogen (secondary N) is 8. The molecule has 0 aliphatic carbocycles. The van der Waals surface area contributed by atoms with E-state index in [1.165, 1.54) is 32.0 Å². The number of aliphatic carboxylic acids is 2. The fourth-order valence-corrected chi connectivity index (χ4v) is 5.76. The molecule has 0 unspecified atom stereocenters. The molecule has 6 atom stereocenters. The number of rotatable bonds is 21. The summed E-state index contributed by atoms with van der Waals surface area (Å²) in [5.41, 5.74) is 8.41. The van der Waals surface area contributed by atoms with Crippen LogP contribution < -0.4 is 32.3 Å². The van der Waals surface area contributed by atoms with Crippen LogP contribution in [0.5, 0.6) is 0 Å². The van der Waals surface area contributed by atoms with Gasteiger partial charge in [-0.3, -0.25) is 28.8 Å². The van der Waals surface area contributed by atoms with Crippen molar-refractivity contribution in [3.63, 3.8) is 0 Å². The maximum absolute atomic E-state index is 13.6. The molecule has 0 spiro atoms. The number of hydrogen-bond acceptors (Lipinski definition) is 11. The summed E-state index contributed by atoms with van der Waals surface area (Å²) in [6, 6.07) is -0.583. The molecule has 4 rings (SSSR count). The maximum atomic E-state index is 13.6. The highest BCUT2D eigenvalue weighted by Crippen LogP contribution is 2.19. The first-order valence-corrected chi connectivity index (χ1v) is 17.7. The number of imidazole rings is 2. The number of nitrogens with two attached hydrogens (primary N) is 1. The molecular weight excluding hydrogens is 739 g/mol. The largest absolute Gasteiger partial charge is 0.481 e. The third-order valence-electron chi connectivity index (χ3n) is 8.50. The molecule has 0 saturated carbocycles. The Bertz CT molecular complexity index is 1950. The van der Waals surface area contributed by atoms with Crippen LogP contribution in [0.25, 0.3) is 10.9 Å². The van der Waals surface area contributed by atoms with Crippen molar-refractivity contribution in [1.29, 1.82) is 0 Å². The van der Waals surface area contributed by atoms with Gasteiger partial charge in [-0.05, 0) is 25.0 Å². The molecule has 12 N–H and O–H groups in total. The van der Waals surface area contributed by atoms with Gasteiger partial charge in [0.1, 0.15) is 30.2 Å². The molecule has 3 aromatic heterocycles. The average Bonchev–Trinajstić information content (AvgIpc) is 3.95. The fraction of sp³-hybridized carbons (Fsp3) is 0.382. The smallest absolute Gasteiger partial charge is 0.326 e. The van der Waals surface area contributed by atoms with Crippen molar-refractivity contribution in [3.05, 3.63) is 72.5 Å². The van der Waals surface area contributed by atoms with Gasteiger partial charge in [-0.1, -0.05) is 18.2 Å². The van der Waals surface area contributed by atoms with Gasteiger partial charge >= 0.3 is 11.9 Å². The summed E-state index contributed by atoms with van der Waals surface area (Å²) in [4.78, 5) is 106. The average molecular weight is 782 g/mol. The van der Waals surface area contributed by atoms with Gasteiger partial charge in [0.15, 0.2) is 0 Å². The number of fused-ring (bicyclic) bond motifs is 1. The molecule has 4 aromatic rings. The highest BCUT2D eigenvalue weighted by atomic mass is 32.1. The summed E-state index contributed by atoms with van der Waals surface area (Å²) < 4.78 is 0. The molecule has 0 radical (unpaired) electrons. The van der Waals surface area contributed by atoms with Crippen LogP contribution in [0.1, 0.15) is 36.7 Å². The molecule has 0 aliphatic heterocycles. The number of benzene rings is 1. The van der Waals surface area contributed by atoms with Gasteiger partial charge in [0.05, 0.1) is 18.7 Å². The van der Waals surface area contributed by atoms with Gasteiger partial charge in [-0.2, -0.15) is 12.6 Å². The first-order chi connectivity index (χ1) is 26.2. The molecule has 21 heteroatoms. The lowest BCUT2D eigenvalue weighted by Crippen LogP contribution is -2.59. The molecule has 0 saturated heterocycles. The number of amides is 5.